The number of rotatable bonds is 9. The predicted molar refractivity (Wildman–Crippen MR) is 115 cm³/mol. The van der Waals surface area contributed by atoms with Crippen LogP contribution in [0, 0.1) is 11.8 Å². The summed E-state index contributed by atoms with van der Waals surface area (Å²) >= 11 is 0. The third kappa shape index (κ3) is 6.23. The van der Waals surface area contributed by atoms with E-state index in [9.17, 15) is 4.79 Å². The van der Waals surface area contributed by atoms with E-state index in [1.165, 1.54) is 50.6 Å². The summed E-state index contributed by atoms with van der Waals surface area (Å²) in [6.07, 6.45) is 9.47. The number of amides is 1. The van der Waals surface area contributed by atoms with Crippen molar-refractivity contribution in [3.8, 4) is 5.75 Å². The number of hydrogen-bond acceptors (Lipinski definition) is 3. The van der Waals surface area contributed by atoms with E-state index < -0.39 is 0 Å². The molecule has 3 rings (SSSR count). The molecule has 1 amide bonds. The fraction of sp³-hybridized carbons (Fsp3) is 0.708. The van der Waals surface area contributed by atoms with E-state index in [1.807, 2.05) is 6.07 Å². The van der Waals surface area contributed by atoms with Gasteiger partial charge in [0.25, 0.3) is 0 Å². The Morgan fingerprint density at radius 1 is 1.18 bits per heavy atom. The first-order valence-electron chi connectivity index (χ1n) is 11.3. The van der Waals surface area contributed by atoms with Gasteiger partial charge in [0.15, 0.2) is 0 Å². The van der Waals surface area contributed by atoms with Crippen LogP contribution in [0.15, 0.2) is 24.3 Å². The monoisotopic (exact) mass is 386 g/mol. The average Bonchev–Trinajstić information content (AvgIpc) is 3.24. The van der Waals surface area contributed by atoms with E-state index in [4.69, 9.17) is 4.74 Å². The minimum absolute atomic E-state index is 0.392. The van der Waals surface area contributed by atoms with Crippen LogP contribution in [0.1, 0.15) is 57.4 Å². The van der Waals surface area contributed by atoms with Crippen LogP contribution in [0.3, 0.4) is 0 Å². The van der Waals surface area contributed by atoms with Gasteiger partial charge in [-0.2, -0.15) is 0 Å². The van der Waals surface area contributed by atoms with Gasteiger partial charge in [-0.25, -0.2) is 0 Å². The molecule has 0 bridgehead atoms. The van der Waals surface area contributed by atoms with Crippen LogP contribution >= 0.6 is 0 Å². The second-order valence-electron chi connectivity index (χ2n) is 8.70. The fourth-order valence-corrected chi connectivity index (χ4v) is 4.93. The number of nitrogens with zero attached hydrogens (tertiary/aromatic N) is 2. The molecular formula is C24H38N2O2. The summed E-state index contributed by atoms with van der Waals surface area (Å²) in [6.45, 7) is 7.32. The Labute approximate surface area is 171 Å². The highest BCUT2D eigenvalue weighted by Crippen LogP contribution is 2.28. The van der Waals surface area contributed by atoms with Crippen molar-refractivity contribution in [1.82, 2.24) is 9.80 Å². The van der Waals surface area contributed by atoms with Gasteiger partial charge in [-0.15, -0.1) is 0 Å². The number of methoxy groups -OCH3 is 1. The lowest BCUT2D eigenvalue weighted by molar-refractivity contribution is -0.132. The standard InChI is InChI=1S/C24H38N2O2/c1-3-26(24(27)17-20-8-4-5-9-20)19-22-11-7-14-25(18-22)15-13-21-10-6-12-23(16-21)28-2/h6,10,12,16,20,22H,3-5,7-9,11,13-15,17-19H2,1-2H3. The smallest absolute Gasteiger partial charge is 0.222 e. The molecule has 1 aliphatic carbocycles. The molecule has 1 atom stereocenters. The van der Waals surface area contributed by atoms with E-state index in [0.29, 0.717) is 17.7 Å². The van der Waals surface area contributed by atoms with Crippen molar-refractivity contribution in [3.05, 3.63) is 29.8 Å². The van der Waals surface area contributed by atoms with Crippen LogP contribution in [0.2, 0.25) is 0 Å². The van der Waals surface area contributed by atoms with Gasteiger partial charge in [-0.05, 0) is 75.1 Å². The molecule has 1 unspecified atom stereocenters. The summed E-state index contributed by atoms with van der Waals surface area (Å²) in [5, 5.41) is 0. The molecular weight excluding hydrogens is 348 g/mol. The molecule has 4 nitrogen and oxygen atoms in total. The van der Waals surface area contributed by atoms with Crippen LogP contribution in [0.5, 0.6) is 5.75 Å². The van der Waals surface area contributed by atoms with E-state index in [2.05, 4.69) is 34.9 Å². The maximum atomic E-state index is 12.8. The van der Waals surface area contributed by atoms with Crippen molar-refractivity contribution >= 4 is 5.91 Å². The number of benzene rings is 1. The predicted octanol–water partition coefficient (Wildman–Crippen LogP) is 4.38. The second-order valence-corrected chi connectivity index (χ2v) is 8.70. The Bertz CT molecular complexity index is 612. The van der Waals surface area contributed by atoms with Crippen LogP contribution in [-0.2, 0) is 11.2 Å². The topological polar surface area (TPSA) is 32.8 Å². The maximum Gasteiger partial charge on any atom is 0.222 e. The van der Waals surface area contributed by atoms with Gasteiger partial charge in [0.2, 0.25) is 5.91 Å². The summed E-state index contributed by atoms with van der Waals surface area (Å²) in [7, 11) is 1.72. The molecule has 0 spiro atoms. The van der Waals surface area contributed by atoms with Gasteiger partial charge in [-0.1, -0.05) is 25.0 Å². The molecule has 1 saturated heterocycles. The van der Waals surface area contributed by atoms with Crippen molar-refractivity contribution in [2.45, 2.75) is 58.3 Å². The third-order valence-electron chi connectivity index (χ3n) is 6.61. The molecule has 1 heterocycles. The first kappa shape index (κ1) is 21.2. The summed E-state index contributed by atoms with van der Waals surface area (Å²) in [4.78, 5) is 17.5. The normalized spacial score (nSPS) is 21.0. The lowest BCUT2D eigenvalue weighted by Crippen LogP contribution is -2.43. The minimum Gasteiger partial charge on any atom is -0.497 e. The molecule has 156 valence electrons. The molecule has 0 N–H and O–H groups in total. The lowest BCUT2D eigenvalue weighted by Gasteiger charge is -2.35. The van der Waals surface area contributed by atoms with Crippen molar-refractivity contribution in [2.75, 3.05) is 39.8 Å². The Hall–Kier alpha value is -1.55. The van der Waals surface area contributed by atoms with Gasteiger partial charge in [0.1, 0.15) is 5.75 Å². The SMILES string of the molecule is CCN(CC1CCCN(CCc2cccc(OC)c2)C1)C(=O)CC1CCCC1. The Morgan fingerprint density at radius 2 is 1.96 bits per heavy atom. The third-order valence-corrected chi connectivity index (χ3v) is 6.61. The van der Waals surface area contributed by atoms with E-state index in [-0.39, 0.29) is 0 Å². The largest absolute Gasteiger partial charge is 0.497 e. The first-order valence-corrected chi connectivity index (χ1v) is 11.3. The highest BCUT2D eigenvalue weighted by Gasteiger charge is 2.26. The van der Waals surface area contributed by atoms with E-state index in [1.54, 1.807) is 7.11 Å². The summed E-state index contributed by atoms with van der Waals surface area (Å²) in [5.74, 6) is 2.59. The van der Waals surface area contributed by atoms with Gasteiger partial charge >= 0.3 is 0 Å². The summed E-state index contributed by atoms with van der Waals surface area (Å²) in [6, 6.07) is 8.40. The number of hydrogen-bond donors (Lipinski definition) is 0. The highest BCUT2D eigenvalue weighted by atomic mass is 16.5. The molecule has 2 aliphatic rings. The van der Waals surface area contributed by atoms with Crippen LogP contribution in [-0.4, -0.2) is 55.5 Å². The molecule has 1 aromatic rings. The maximum absolute atomic E-state index is 12.8. The van der Waals surface area contributed by atoms with Crippen molar-refractivity contribution in [3.63, 3.8) is 0 Å². The number of likely N-dealkylation sites (tertiary alicyclic amines) is 1. The molecule has 0 aromatic heterocycles. The van der Waals surface area contributed by atoms with Crippen molar-refractivity contribution in [2.24, 2.45) is 11.8 Å². The lowest BCUT2D eigenvalue weighted by atomic mass is 9.96. The quantitative estimate of drug-likeness (QED) is 0.631. The van der Waals surface area contributed by atoms with E-state index in [0.717, 1.165) is 44.8 Å². The minimum atomic E-state index is 0.392. The van der Waals surface area contributed by atoms with Crippen molar-refractivity contribution in [1.29, 1.82) is 0 Å². The van der Waals surface area contributed by atoms with Crippen LogP contribution in [0.25, 0.3) is 0 Å². The number of piperidine rings is 1. The molecule has 4 heteroatoms. The molecule has 1 saturated carbocycles. The van der Waals surface area contributed by atoms with Gasteiger partial charge < -0.3 is 14.5 Å². The first-order chi connectivity index (χ1) is 13.7. The van der Waals surface area contributed by atoms with Crippen LogP contribution < -0.4 is 4.74 Å². The van der Waals surface area contributed by atoms with Gasteiger partial charge in [-0.3, -0.25) is 4.79 Å². The molecule has 2 fully saturated rings. The summed E-state index contributed by atoms with van der Waals surface area (Å²) in [5.41, 5.74) is 1.34. The number of carbonyl (C=O) groups is 1. The molecule has 28 heavy (non-hydrogen) atoms. The Morgan fingerprint density at radius 3 is 2.71 bits per heavy atom. The molecule has 0 radical (unpaired) electrons. The van der Waals surface area contributed by atoms with E-state index >= 15 is 0 Å². The fourth-order valence-electron chi connectivity index (χ4n) is 4.93. The zero-order valence-corrected chi connectivity index (χ0v) is 17.9. The Balaban J connectivity index is 1.45. The summed E-state index contributed by atoms with van der Waals surface area (Å²) < 4.78 is 5.34. The van der Waals surface area contributed by atoms with Gasteiger partial charge in [0, 0.05) is 32.6 Å². The molecule has 1 aliphatic heterocycles. The molecule has 1 aromatic carbocycles. The number of carbonyl (C=O) groups excluding carboxylic acids is 1. The zero-order chi connectivity index (χ0) is 19.8. The Kier molecular flexibility index (Phi) is 8.20. The highest BCUT2D eigenvalue weighted by molar-refractivity contribution is 5.76. The van der Waals surface area contributed by atoms with Crippen LogP contribution in [0.4, 0.5) is 0 Å². The van der Waals surface area contributed by atoms with Gasteiger partial charge in [0.05, 0.1) is 7.11 Å². The van der Waals surface area contributed by atoms with Crippen molar-refractivity contribution < 1.29 is 9.53 Å². The number of ether oxygens (including phenoxy) is 1. The zero-order valence-electron chi connectivity index (χ0n) is 17.9. The average molecular weight is 387 g/mol. The second kappa shape index (κ2) is 10.8.